The monoisotopic (exact) mass is 689 g/mol. The Morgan fingerprint density at radius 1 is 0.821 bits per heavy atom. The summed E-state index contributed by atoms with van der Waals surface area (Å²) in [5.74, 6) is -0.0625. The van der Waals surface area contributed by atoms with E-state index in [4.69, 9.17) is 10.1 Å². The minimum atomic E-state index is -0.434. The van der Waals surface area contributed by atoms with Gasteiger partial charge >= 0.3 is 0 Å². The molecule has 0 saturated carbocycles. The number of fused-ring (bicyclic) bond motifs is 10. The maximum absolute atomic E-state index is 10.0. The third-order valence-corrected chi connectivity index (χ3v) is 7.05. The number of aromatic nitrogens is 3. The van der Waals surface area contributed by atoms with Crippen LogP contribution in [0.5, 0.6) is 0 Å². The van der Waals surface area contributed by atoms with E-state index < -0.39 is 5.41 Å². The smallest absolute Gasteiger partial charge is 0.155 e. The summed E-state index contributed by atoms with van der Waals surface area (Å²) < 4.78 is 0. The second kappa shape index (κ2) is 10.5. The number of hydrogen-bond acceptors (Lipinski definition) is 5. The van der Waals surface area contributed by atoms with Gasteiger partial charge in [-0.1, -0.05) is 53.1 Å². The largest absolute Gasteiger partial charge is 0.512 e. The van der Waals surface area contributed by atoms with Gasteiger partial charge in [-0.25, -0.2) is 0 Å². The number of rotatable bonds is 2. The molecule has 0 aliphatic heterocycles. The number of ketones is 1. The molecule has 7 rings (SSSR count). The second-order valence-electron chi connectivity index (χ2n) is 9.43. The molecule has 0 saturated heterocycles. The van der Waals surface area contributed by atoms with E-state index in [2.05, 4.69) is 70.6 Å². The summed E-state index contributed by atoms with van der Waals surface area (Å²) in [5.41, 5.74) is 11.1. The zero-order valence-corrected chi connectivity index (χ0v) is 23.6. The van der Waals surface area contributed by atoms with Crippen molar-refractivity contribution in [3.05, 3.63) is 138 Å². The van der Waals surface area contributed by atoms with Crippen LogP contribution in [0.15, 0.2) is 110 Å². The Kier molecular flexibility index (Phi) is 7.11. The van der Waals surface area contributed by atoms with E-state index in [-0.39, 0.29) is 32.6 Å². The van der Waals surface area contributed by atoms with Crippen LogP contribution in [0.1, 0.15) is 36.1 Å². The predicted molar refractivity (Wildman–Crippen MR) is 147 cm³/mol. The van der Waals surface area contributed by atoms with E-state index in [9.17, 15) is 4.79 Å². The Labute approximate surface area is 241 Å². The predicted octanol–water partition coefficient (Wildman–Crippen LogP) is 6.72. The summed E-state index contributed by atoms with van der Waals surface area (Å²) in [5, 5.41) is 8.36. The normalized spacial score (nSPS) is 13.2. The summed E-state index contributed by atoms with van der Waals surface area (Å²) in [6, 6.07) is 27.0. The molecular formula is C33H24N3O2Pt-. The first-order chi connectivity index (χ1) is 18.5. The molecule has 5 aromatic rings. The zero-order valence-electron chi connectivity index (χ0n) is 21.3. The fourth-order valence-corrected chi connectivity index (χ4v) is 5.73. The van der Waals surface area contributed by atoms with E-state index >= 15 is 0 Å². The SMILES string of the molecule is CC(=O)/C=C(/C)O.[Pt].[c-]1cc(-c2ccccc2)cc2c1-c1ncccc1C21c2ccncc2-c2cnccc21. The molecule has 6 heteroatoms. The number of nitrogens with zero attached hydrogens (tertiary/aromatic N) is 3. The van der Waals surface area contributed by atoms with Crippen LogP contribution in [0.2, 0.25) is 0 Å². The number of carbonyl (C=O) groups excluding carboxylic acids is 1. The van der Waals surface area contributed by atoms with Gasteiger partial charge in [-0.15, -0.1) is 29.3 Å². The van der Waals surface area contributed by atoms with Crippen molar-refractivity contribution in [2.45, 2.75) is 19.3 Å². The quantitative estimate of drug-likeness (QED) is 0.124. The molecule has 3 heterocycles. The molecule has 5 nitrogen and oxygen atoms in total. The topological polar surface area (TPSA) is 76.0 Å². The van der Waals surface area contributed by atoms with Crippen molar-refractivity contribution in [3.63, 3.8) is 0 Å². The molecule has 0 atom stereocenters. The summed E-state index contributed by atoms with van der Waals surface area (Å²) in [6.45, 7) is 2.85. The molecule has 194 valence electrons. The van der Waals surface area contributed by atoms with Crippen molar-refractivity contribution < 1.29 is 31.0 Å². The van der Waals surface area contributed by atoms with Gasteiger partial charge < -0.3 is 10.1 Å². The maximum atomic E-state index is 10.0. The third kappa shape index (κ3) is 4.24. The van der Waals surface area contributed by atoms with Crippen LogP contribution in [-0.4, -0.2) is 25.8 Å². The molecule has 2 aliphatic carbocycles. The van der Waals surface area contributed by atoms with Crippen molar-refractivity contribution in [2.75, 3.05) is 0 Å². The van der Waals surface area contributed by atoms with Gasteiger partial charge in [0.05, 0.1) is 5.76 Å². The fraction of sp³-hybridized carbons (Fsp3) is 0.0909. The molecule has 39 heavy (non-hydrogen) atoms. The van der Waals surface area contributed by atoms with E-state index in [1.807, 2.05) is 43.1 Å². The van der Waals surface area contributed by atoms with Crippen LogP contribution in [0, 0.1) is 6.07 Å². The number of pyridine rings is 3. The van der Waals surface area contributed by atoms with Crippen molar-refractivity contribution in [2.24, 2.45) is 0 Å². The van der Waals surface area contributed by atoms with E-state index in [0.717, 1.165) is 27.9 Å². The number of carbonyl (C=O) groups is 1. The Morgan fingerprint density at radius 3 is 2.08 bits per heavy atom. The summed E-state index contributed by atoms with van der Waals surface area (Å²) >= 11 is 0. The van der Waals surface area contributed by atoms with Crippen LogP contribution in [0.3, 0.4) is 0 Å². The first-order valence-corrected chi connectivity index (χ1v) is 12.4. The van der Waals surface area contributed by atoms with Crippen LogP contribution in [0.25, 0.3) is 33.5 Å². The van der Waals surface area contributed by atoms with Crippen LogP contribution < -0.4 is 0 Å². The minimum absolute atomic E-state index is 0. The standard InChI is InChI=1S/C28H16N3.C5H8O2.Pt/c1-2-5-18(6-3-1)19-8-9-20-26(15-19)28(25-7-4-12-31-27(20)25)23-10-13-29-16-21(23)22-17-30-14-11-24(22)28;1-4(6)3-5(2)7;/h1-8,10-17H;3,6H,1-2H3;/q-1;;/b;4-3-;. The number of allylic oxidation sites excluding steroid dienone is 2. The van der Waals surface area contributed by atoms with Gasteiger partial charge in [-0.2, -0.15) is 0 Å². The molecule has 0 bridgehead atoms. The number of aliphatic hydroxyl groups excluding tert-OH is 1. The molecule has 2 aromatic carbocycles. The van der Waals surface area contributed by atoms with Gasteiger partial charge in [0.1, 0.15) is 0 Å². The van der Waals surface area contributed by atoms with Crippen molar-refractivity contribution in [1.29, 1.82) is 0 Å². The van der Waals surface area contributed by atoms with E-state index in [1.54, 1.807) is 0 Å². The van der Waals surface area contributed by atoms with Gasteiger partial charge in [0.2, 0.25) is 0 Å². The third-order valence-electron chi connectivity index (χ3n) is 7.05. The number of benzene rings is 2. The molecule has 0 unspecified atom stereocenters. The molecule has 0 fully saturated rings. The van der Waals surface area contributed by atoms with Crippen LogP contribution in [-0.2, 0) is 31.3 Å². The summed E-state index contributed by atoms with van der Waals surface area (Å²) in [6.07, 6.45) is 10.7. The molecule has 3 aromatic heterocycles. The fourth-order valence-electron chi connectivity index (χ4n) is 5.73. The second-order valence-corrected chi connectivity index (χ2v) is 9.43. The van der Waals surface area contributed by atoms with Gasteiger partial charge in [0.25, 0.3) is 0 Å². The first kappa shape index (κ1) is 26.4. The molecule has 0 amide bonds. The number of aliphatic hydroxyl groups is 1. The number of hydrogen-bond donors (Lipinski definition) is 1. The molecule has 1 N–H and O–H groups in total. The van der Waals surface area contributed by atoms with Gasteiger partial charge in [0.15, 0.2) is 5.78 Å². The zero-order chi connectivity index (χ0) is 26.3. The Hall–Kier alpha value is -4.21. The average Bonchev–Trinajstić information content (AvgIpc) is 3.40. The molecule has 1 spiro atoms. The maximum Gasteiger partial charge on any atom is 0.155 e. The minimum Gasteiger partial charge on any atom is -0.512 e. The molecule has 0 radical (unpaired) electrons. The van der Waals surface area contributed by atoms with E-state index in [0.29, 0.717) is 0 Å². The van der Waals surface area contributed by atoms with Gasteiger partial charge in [-0.3, -0.25) is 14.8 Å². The van der Waals surface area contributed by atoms with E-state index in [1.165, 1.54) is 47.7 Å². The van der Waals surface area contributed by atoms with Crippen molar-refractivity contribution >= 4 is 5.78 Å². The average molecular weight is 690 g/mol. The van der Waals surface area contributed by atoms with Crippen LogP contribution in [0.4, 0.5) is 0 Å². The summed E-state index contributed by atoms with van der Waals surface area (Å²) in [4.78, 5) is 23.7. The van der Waals surface area contributed by atoms with Crippen molar-refractivity contribution in [1.82, 2.24) is 15.0 Å². The van der Waals surface area contributed by atoms with Gasteiger partial charge in [-0.05, 0) is 48.9 Å². The summed E-state index contributed by atoms with van der Waals surface area (Å²) in [7, 11) is 0. The van der Waals surface area contributed by atoms with Crippen LogP contribution >= 0.6 is 0 Å². The molecular weight excluding hydrogens is 665 g/mol. The molecule has 2 aliphatic rings. The van der Waals surface area contributed by atoms with Gasteiger partial charge in [0, 0.05) is 74.7 Å². The Morgan fingerprint density at radius 2 is 1.49 bits per heavy atom. The first-order valence-electron chi connectivity index (χ1n) is 12.4. The van der Waals surface area contributed by atoms with Crippen molar-refractivity contribution in [3.8, 4) is 33.5 Å². The Balaban J connectivity index is 0.000000345. The Bertz CT molecular complexity index is 1660.